The Labute approximate surface area is 148 Å². The fourth-order valence-corrected chi connectivity index (χ4v) is 3.45. The number of aromatic nitrogens is 3. The molecule has 3 rings (SSSR count). The van der Waals surface area contributed by atoms with Gasteiger partial charge in [0, 0.05) is 24.7 Å². The van der Waals surface area contributed by atoms with E-state index in [0.717, 1.165) is 56.2 Å². The Hall–Kier alpha value is -1.95. The largest absolute Gasteiger partial charge is 0.361 e. The minimum atomic E-state index is 0.0665. The van der Waals surface area contributed by atoms with Gasteiger partial charge in [0.05, 0.1) is 17.7 Å². The first-order valence-corrected chi connectivity index (χ1v) is 9.14. The highest BCUT2D eigenvalue weighted by molar-refractivity contribution is 5.20. The molecular formula is C19H28N4O2. The summed E-state index contributed by atoms with van der Waals surface area (Å²) in [6.07, 6.45) is 3.91. The fraction of sp³-hybridized carbons (Fsp3) is 0.632. The molecule has 0 spiro atoms. The van der Waals surface area contributed by atoms with Gasteiger partial charge in [-0.25, -0.2) is 4.98 Å². The Morgan fingerprint density at radius 1 is 1.28 bits per heavy atom. The molecular weight excluding hydrogens is 316 g/mol. The topological polar surface area (TPSA) is 64.2 Å². The van der Waals surface area contributed by atoms with Gasteiger partial charge in [-0.1, -0.05) is 19.0 Å². The monoisotopic (exact) mass is 344 g/mol. The summed E-state index contributed by atoms with van der Waals surface area (Å²) in [5.74, 6) is 1.74. The Morgan fingerprint density at radius 3 is 2.56 bits per heavy atom. The summed E-state index contributed by atoms with van der Waals surface area (Å²) in [5, 5.41) is 4.03. The molecule has 1 aliphatic rings. The molecule has 1 aliphatic heterocycles. The molecule has 0 N–H and O–H groups in total. The molecule has 0 aliphatic carbocycles. The van der Waals surface area contributed by atoms with E-state index in [1.807, 2.05) is 13.8 Å². The van der Waals surface area contributed by atoms with Crippen LogP contribution in [0.15, 0.2) is 21.7 Å². The van der Waals surface area contributed by atoms with E-state index in [1.54, 1.807) is 17.0 Å². The zero-order valence-corrected chi connectivity index (χ0v) is 15.7. The van der Waals surface area contributed by atoms with E-state index in [9.17, 15) is 4.79 Å². The third kappa shape index (κ3) is 4.18. The molecule has 6 nitrogen and oxygen atoms in total. The van der Waals surface area contributed by atoms with Crippen LogP contribution in [0.1, 0.15) is 55.3 Å². The second kappa shape index (κ2) is 7.52. The second-order valence-electron chi connectivity index (χ2n) is 7.48. The maximum Gasteiger partial charge on any atom is 0.253 e. The number of piperidine rings is 1. The molecule has 2 aromatic rings. The Kier molecular flexibility index (Phi) is 5.37. The van der Waals surface area contributed by atoms with Crippen LogP contribution in [0.25, 0.3) is 0 Å². The van der Waals surface area contributed by atoms with Gasteiger partial charge in [-0.05, 0) is 51.6 Å². The second-order valence-corrected chi connectivity index (χ2v) is 7.48. The van der Waals surface area contributed by atoms with Gasteiger partial charge < -0.3 is 4.52 Å². The van der Waals surface area contributed by atoms with Gasteiger partial charge in [-0.2, -0.15) is 0 Å². The van der Waals surface area contributed by atoms with Crippen molar-refractivity contribution in [2.24, 2.45) is 5.92 Å². The molecule has 6 heteroatoms. The molecule has 2 aromatic heterocycles. The molecule has 1 fully saturated rings. The van der Waals surface area contributed by atoms with Gasteiger partial charge in [-0.3, -0.25) is 14.3 Å². The van der Waals surface area contributed by atoms with Crippen molar-refractivity contribution in [2.45, 2.75) is 59.5 Å². The van der Waals surface area contributed by atoms with Crippen LogP contribution in [0.3, 0.4) is 0 Å². The van der Waals surface area contributed by atoms with Gasteiger partial charge in [0.1, 0.15) is 5.76 Å². The van der Waals surface area contributed by atoms with Crippen LogP contribution in [0.5, 0.6) is 0 Å². The number of hydrogen-bond donors (Lipinski definition) is 0. The van der Waals surface area contributed by atoms with Gasteiger partial charge >= 0.3 is 0 Å². The lowest BCUT2D eigenvalue weighted by molar-refractivity contribution is 0.165. The van der Waals surface area contributed by atoms with E-state index < -0.39 is 0 Å². The number of aryl methyl sites for hydroxylation is 2. The molecule has 0 unspecified atom stereocenters. The minimum Gasteiger partial charge on any atom is -0.361 e. The number of hydrogen-bond acceptors (Lipinski definition) is 5. The van der Waals surface area contributed by atoms with Crippen LogP contribution in [-0.2, 0) is 13.1 Å². The van der Waals surface area contributed by atoms with Crippen molar-refractivity contribution in [3.8, 4) is 0 Å². The summed E-state index contributed by atoms with van der Waals surface area (Å²) >= 11 is 0. The first kappa shape index (κ1) is 17.9. The standard InChI is InChI=1S/C19H28N4O2/c1-13(2)18-9-19(24)23(12-20-18)10-16-5-7-22(8-6-16)11-17-14(3)21-25-15(17)4/h9,12-13,16H,5-8,10-11H2,1-4H3. The maximum absolute atomic E-state index is 12.3. The van der Waals surface area contributed by atoms with Crippen LogP contribution in [0.4, 0.5) is 0 Å². The normalized spacial score (nSPS) is 16.7. The lowest BCUT2D eigenvalue weighted by Gasteiger charge is -2.32. The quantitative estimate of drug-likeness (QED) is 0.834. The van der Waals surface area contributed by atoms with Crippen molar-refractivity contribution in [1.29, 1.82) is 0 Å². The van der Waals surface area contributed by atoms with Gasteiger partial charge in [0.15, 0.2) is 0 Å². The van der Waals surface area contributed by atoms with Crippen LogP contribution < -0.4 is 5.56 Å². The van der Waals surface area contributed by atoms with Gasteiger partial charge in [0.2, 0.25) is 0 Å². The predicted molar refractivity (Wildman–Crippen MR) is 96.6 cm³/mol. The lowest BCUT2D eigenvalue weighted by atomic mass is 9.96. The molecule has 0 amide bonds. The van der Waals surface area contributed by atoms with Crippen molar-refractivity contribution in [3.63, 3.8) is 0 Å². The average Bonchev–Trinajstić information content (AvgIpc) is 2.90. The van der Waals surface area contributed by atoms with Crippen molar-refractivity contribution < 1.29 is 4.52 Å². The molecule has 0 radical (unpaired) electrons. The fourth-order valence-electron chi connectivity index (χ4n) is 3.45. The highest BCUT2D eigenvalue weighted by Crippen LogP contribution is 2.22. The minimum absolute atomic E-state index is 0.0665. The molecule has 136 valence electrons. The molecule has 0 saturated carbocycles. The highest BCUT2D eigenvalue weighted by Gasteiger charge is 2.22. The Balaban J connectivity index is 1.55. The van der Waals surface area contributed by atoms with Crippen LogP contribution in [0.2, 0.25) is 0 Å². The summed E-state index contributed by atoms with van der Waals surface area (Å²) < 4.78 is 7.02. The highest BCUT2D eigenvalue weighted by atomic mass is 16.5. The van der Waals surface area contributed by atoms with Crippen molar-refractivity contribution in [1.82, 2.24) is 19.6 Å². The molecule has 3 heterocycles. The summed E-state index contributed by atoms with van der Waals surface area (Å²) in [6.45, 7) is 11.8. The molecule has 1 saturated heterocycles. The third-order valence-corrected chi connectivity index (χ3v) is 5.22. The third-order valence-electron chi connectivity index (χ3n) is 5.22. The number of nitrogens with zero attached hydrogens (tertiary/aromatic N) is 4. The van der Waals surface area contributed by atoms with E-state index in [1.165, 1.54) is 5.56 Å². The van der Waals surface area contributed by atoms with Crippen molar-refractivity contribution in [2.75, 3.05) is 13.1 Å². The summed E-state index contributed by atoms with van der Waals surface area (Å²) in [4.78, 5) is 19.1. The summed E-state index contributed by atoms with van der Waals surface area (Å²) in [5.41, 5.74) is 3.14. The van der Waals surface area contributed by atoms with Crippen molar-refractivity contribution >= 4 is 0 Å². The van der Waals surface area contributed by atoms with E-state index >= 15 is 0 Å². The zero-order valence-electron chi connectivity index (χ0n) is 15.7. The maximum atomic E-state index is 12.3. The van der Waals surface area contributed by atoms with Crippen molar-refractivity contribution in [3.05, 3.63) is 45.5 Å². The van der Waals surface area contributed by atoms with E-state index in [2.05, 4.69) is 28.9 Å². The SMILES string of the molecule is Cc1noc(C)c1CN1CCC(Cn2cnc(C(C)C)cc2=O)CC1. The van der Waals surface area contributed by atoms with Crippen LogP contribution in [0, 0.1) is 19.8 Å². The van der Waals surface area contributed by atoms with Gasteiger partial charge in [-0.15, -0.1) is 0 Å². The predicted octanol–water partition coefficient (Wildman–Crippen LogP) is 2.88. The number of likely N-dealkylation sites (tertiary alicyclic amines) is 1. The average molecular weight is 344 g/mol. The first-order valence-electron chi connectivity index (χ1n) is 9.14. The van der Waals surface area contributed by atoms with E-state index in [0.29, 0.717) is 5.92 Å². The first-order chi connectivity index (χ1) is 11.9. The molecule has 25 heavy (non-hydrogen) atoms. The number of rotatable bonds is 5. The Morgan fingerprint density at radius 2 is 2.00 bits per heavy atom. The smallest absolute Gasteiger partial charge is 0.253 e. The summed E-state index contributed by atoms with van der Waals surface area (Å²) in [6, 6.07) is 1.68. The van der Waals surface area contributed by atoms with Crippen LogP contribution >= 0.6 is 0 Å². The van der Waals surface area contributed by atoms with E-state index in [-0.39, 0.29) is 11.5 Å². The Bertz CT molecular complexity index is 750. The van der Waals surface area contributed by atoms with Crippen LogP contribution in [-0.4, -0.2) is 32.7 Å². The van der Waals surface area contributed by atoms with Gasteiger partial charge in [0.25, 0.3) is 5.56 Å². The molecule has 0 atom stereocenters. The molecule has 0 aromatic carbocycles. The van der Waals surface area contributed by atoms with E-state index in [4.69, 9.17) is 4.52 Å². The lowest BCUT2D eigenvalue weighted by Crippen LogP contribution is -2.36. The molecule has 0 bridgehead atoms. The summed E-state index contributed by atoms with van der Waals surface area (Å²) in [7, 11) is 0. The zero-order chi connectivity index (χ0) is 18.0.